The van der Waals surface area contributed by atoms with Crippen LogP contribution in [0.2, 0.25) is 0 Å². The third kappa shape index (κ3) is 3.71. The monoisotopic (exact) mass is 276 g/mol. The highest BCUT2D eigenvalue weighted by molar-refractivity contribution is 5.84. The minimum absolute atomic E-state index is 0.212. The molecule has 0 saturated heterocycles. The van der Waals surface area contributed by atoms with Crippen molar-refractivity contribution < 1.29 is 9.59 Å². The summed E-state index contributed by atoms with van der Waals surface area (Å²) >= 11 is 0. The number of carbonyl (C=O) groups is 2. The van der Waals surface area contributed by atoms with Crippen LogP contribution in [0.3, 0.4) is 0 Å². The molecular weight excluding hydrogens is 256 g/mol. The van der Waals surface area contributed by atoms with Crippen molar-refractivity contribution in [3.05, 3.63) is 29.8 Å². The van der Waals surface area contributed by atoms with Gasteiger partial charge in [-0.15, -0.1) is 0 Å². The molecule has 1 aliphatic rings. The van der Waals surface area contributed by atoms with Crippen molar-refractivity contribution in [3.8, 4) is 0 Å². The van der Waals surface area contributed by atoms with E-state index in [9.17, 15) is 9.59 Å². The normalized spacial score (nSPS) is 17.9. The first-order valence-corrected chi connectivity index (χ1v) is 6.68. The predicted octanol–water partition coefficient (Wildman–Crippen LogP) is 0.152. The third-order valence-electron chi connectivity index (χ3n) is 3.18. The summed E-state index contributed by atoms with van der Waals surface area (Å²) in [5.41, 5.74) is 6.93. The van der Waals surface area contributed by atoms with Crippen LogP contribution in [0.1, 0.15) is 19.4 Å². The molecule has 0 aliphatic carbocycles. The molecule has 108 valence electrons. The molecule has 1 aliphatic heterocycles. The van der Waals surface area contributed by atoms with Gasteiger partial charge in [-0.05, 0) is 18.6 Å². The lowest BCUT2D eigenvalue weighted by Crippen LogP contribution is -2.47. The molecule has 20 heavy (non-hydrogen) atoms. The highest BCUT2D eigenvalue weighted by Crippen LogP contribution is 2.22. The van der Waals surface area contributed by atoms with E-state index < -0.39 is 0 Å². The Balaban J connectivity index is 2.09. The summed E-state index contributed by atoms with van der Waals surface area (Å²) in [6.07, 6.45) is 0. The second kappa shape index (κ2) is 6.38. The maximum absolute atomic E-state index is 11.9. The molecule has 0 radical (unpaired) electrons. The van der Waals surface area contributed by atoms with E-state index in [0.717, 1.165) is 18.8 Å². The first-order chi connectivity index (χ1) is 9.56. The molecule has 2 rings (SSSR count). The molecule has 1 heterocycles. The number of rotatable bonds is 2. The highest BCUT2D eigenvalue weighted by atomic mass is 16.2. The van der Waals surface area contributed by atoms with Gasteiger partial charge in [0.25, 0.3) is 5.91 Å². The van der Waals surface area contributed by atoms with Crippen molar-refractivity contribution >= 4 is 17.5 Å². The van der Waals surface area contributed by atoms with E-state index in [0.29, 0.717) is 0 Å². The summed E-state index contributed by atoms with van der Waals surface area (Å²) in [5.74, 6) is -0.520. The largest absolute Gasteiger partial charge is 0.360 e. The van der Waals surface area contributed by atoms with Crippen LogP contribution in [0.5, 0.6) is 0 Å². The Morgan fingerprint density at radius 1 is 1.35 bits per heavy atom. The Kier molecular flexibility index (Phi) is 4.57. The van der Waals surface area contributed by atoms with Gasteiger partial charge in [0.1, 0.15) is 0 Å². The zero-order valence-corrected chi connectivity index (χ0v) is 11.8. The van der Waals surface area contributed by atoms with E-state index in [4.69, 9.17) is 0 Å². The second-order valence-electron chi connectivity index (χ2n) is 5.02. The minimum Gasteiger partial charge on any atom is -0.360 e. The highest BCUT2D eigenvalue weighted by Gasteiger charge is 2.20. The Labute approximate surface area is 118 Å². The van der Waals surface area contributed by atoms with Gasteiger partial charge in [0.15, 0.2) is 0 Å². The van der Waals surface area contributed by atoms with Gasteiger partial charge in [0, 0.05) is 31.7 Å². The second-order valence-corrected chi connectivity index (χ2v) is 5.02. The maximum atomic E-state index is 11.9. The molecule has 0 bridgehead atoms. The smallest absolute Gasteiger partial charge is 0.257 e. The molecular formula is C14H20N4O2. The van der Waals surface area contributed by atoms with E-state index in [1.165, 1.54) is 12.5 Å². The van der Waals surface area contributed by atoms with Gasteiger partial charge < -0.3 is 10.2 Å². The zero-order valence-electron chi connectivity index (χ0n) is 11.8. The molecule has 3 N–H and O–H groups in total. The van der Waals surface area contributed by atoms with Crippen molar-refractivity contribution in [2.45, 2.75) is 26.4 Å². The fraction of sp³-hybridized carbons (Fsp3) is 0.429. The quantitative estimate of drug-likeness (QED) is 0.672. The van der Waals surface area contributed by atoms with Gasteiger partial charge in [-0.3, -0.25) is 20.4 Å². The molecule has 1 aromatic carbocycles. The Hall–Kier alpha value is -2.08. The molecule has 0 spiro atoms. The molecule has 1 unspecified atom stereocenters. The topological polar surface area (TPSA) is 73.5 Å². The number of anilines is 1. The molecule has 6 heteroatoms. The predicted molar refractivity (Wildman–Crippen MR) is 76.9 cm³/mol. The van der Waals surface area contributed by atoms with Crippen LogP contribution in [-0.2, 0) is 16.1 Å². The first kappa shape index (κ1) is 14.3. The van der Waals surface area contributed by atoms with Crippen LogP contribution in [0.15, 0.2) is 24.3 Å². The minimum atomic E-state index is -0.287. The molecule has 0 aromatic heterocycles. The Morgan fingerprint density at radius 2 is 2.10 bits per heavy atom. The summed E-state index contributed by atoms with van der Waals surface area (Å²) < 4.78 is 0. The number of carbonyl (C=O) groups excluding carboxylic acids is 2. The Morgan fingerprint density at radius 3 is 2.85 bits per heavy atom. The van der Waals surface area contributed by atoms with E-state index in [1.807, 2.05) is 23.1 Å². The number of hydrogen-bond acceptors (Lipinski definition) is 4. The number of fused-ring (bicyclic) bond motifs is 1. The van der Waals surface area contributed by atoms with Gasteiger partial charge >= 0.3 is 0 Å². The van der Waals surface area contributed by atoms with Crippen LogP contribution in [-0.4, -0.2) is 30.9 Å². The summed E-state index contributed by atoms with van der Waals surface area (Å²) in [4.78, 5) is 24.7. The fourth-order valence-corrected chi connectivity index (χ4v) is 2.27. The van der Waals surface area contributed by atoms with Gasteiger partial charge in [-0.2, -0.15) is 0 Å². The first-order valence-electron chi connectivity index (χ1n) is 6.68. The van der Waals surface area contributed by atoms with Gasteiger partial charge in [-0.1, -0.05) is 18.2 Å². The number of hydrogen-bond donors (Lipinski definition) is 3. The zero-order chi connectivity index (χ0) is 14.5. The number of para-hydroxylation sites is 1. The third-order valence-corrected chi connectivity index (χ3v) is 3.18. The molecule has 0 saturated carbocycles. The summed E-state index contributed by atoms with van der Waals surface area (Å²) in [7, 11) is 0. The molecule has 6 nitrogen and oxygen atoms in total. The standard InChI is InChI=1S/C14H20N4O2/c1-10-8-18(9-14(20)17-16-11(2)19)13-6-4-3-5-12(13)7-15-10/h3-6,10,15H,7-9H2,1-2H3,(H,16,19)(H,17,20). The van der Waals surface area contributed by atoms with Crippen LogP contribution in [0.25, 0.3) is 0 Å². The number of amides is 2. The van der Waals surface area contributed by atoms with Crippen molar-refractivity contribution in [2.75, 3.05) is 18.0 Å². The number of nitrogens with one attached hydrogen (secondary N) is 3. The van der Waals surface area contributed by atoms with E-state index in [1.54, 1.807) is 0 Å². The van der Waals surface area contributed by atoms with Crippen molar-refractivity contribution in [1.29, 1.82) is 0 Å². The number of benzene rings is 1. The SMILES string of the molecule is CC(=O)NNC(=O)CN1CC(C)NCc2ccccc21. The van der Waals surface area contributed by atoms with Crippen LogP contribution in [0, 0.1) is 0 Å². The van der Waals surface area contributed by atoms with Crippen molar-refractivity contribution in [2.24, 2.45) is 0 Å². The summed E-state index contributed by atoms with van der Waals surface area (Å²) in [6, 6.07) is 8.32. The number of hydrazine groups is 1. The van der Waals surface area contributed by atoms with Gasteiger partial charge in [0.05, 0.1) is 6.54 Å². The van der Waals surface area contributed by atoms with E-state index in [2.05, 4.69) is 29.2 Å². The lowest BCUT2D eigenvalue weighted by atomic mass is 10.1. The molecule has 1 aromatic rings. The van der Waals surface area contributed by atoms with Crippen molar-refractivity contribution in [1.82, 2.24) is 16.2 Å². The van der Waals surface area contributed by atoms with Crippen LogP contribution in [0.4, 0.5) is 5.69 Å². The lowest BCUT2D eigenvalue weighted by Gasteiger charge is -2.25. The molecule has 2 amide bonds. The van der Waals surface area contributed by atoms with E-state index >= 15 is 0 Å². The molecule has 1 atom stereocenters. The lowest BCUT2D eigenvalue weighted by molar-refractivity contribution is -0.127. The summed E-state index contributed by atoms with van der Waals surface area (Å²) in [5, 5.41) is 3.41. The fourth-order valence-electron chi connectivity index (χ4n) is 2.27. The summed E-state index contributed by atoms with van der Waals surface area (Å²) in [6.45, 7) is 5.19. The van der Waals surface area contributed by atoms with Gasteiger partial charge in [-0.25, -0.2) is 0 Å². The van der Waals surface area contributed by atoms with Gasteiger partial charge in [0.2, 0.25) is 5.91 Å². The average molecular weight is 276 g/mol. The molecule has 0 fully saturated rings. The van der Waals surface area contributed by atoms with Crippen LogP contribution >= 0.6 is 0 Å². The maximum Gasteiger partial charge on any atom is 0.257 e. The number of nitrogens with zero attached hydrogens (tertiary/aromatic N) is 1. The average Bonchev–Trinajstić information content (AvgIpc) is 2.57. The Bertz CT molecular complexity index is 504. The van der Waals surface area contributed by atoms with E-state index in [-0.39, 0.29) is 24.4 Å². The van der Waals surface area contributed by atoms with Crippen molar-refractivity contribution in [3.63, 3.8) is 0 Å². The van der Waals surface area contributed by atoms with Crippen LogP contribution < -0.4 is 21.1 Å².